The van der Waals surface area contributed by atoms with Crippen molar-refractivity contribution in [1.82, 2.24) is 4.98 Å². The first-order chi connectivity index (χ1) is 16.1. The van der Waals surface area contributed by atoms with E-state index in [1.165, 1.54) is 60.2 Å². The Kier molecular flexibility index (Phi) is 7.46. The van der Waals surface area contributed by atoms with Crippen LogP contribution in [0, 0.1) is 5.41 Å². The van der Waals surface area contributed by atoms with Crippen LogP contribution < -0.4 is 0 Å². The van der Waals surface area contributed by atoms with Crippen molar-refractivity contribution < 1.29 is 13.2 Å². The molecule has 0 aliphatic heterocycles. The number of thiazole rings is 1. The van der Waals surface area contributed by atoms with Crippen LogP contribution in [0.4, 0.5) is 0 Å². The molecule has 0 atom stereocenters. The maximum absolute atomic E-state index is 12.9. The van der Waals surface area contributed by atoms with E-state index in [0.29, 0.717) is 18.4 Å². The number of unbranched alkanes of at least 4 members (excludes halogenated alkanes) is 3. The Labute approximate surface area is 211 Å². The van der Waals surface area contributed by atoms with Gasteiger partial charge >= 0.3 is 0 Å². The molecule has 2 aliphatic carbocycles. The second-order valence-corrected chi connectivity index (χ2v) is 14.3. The summed E-state index contributed by atoms with van der Waals surface area (Å²) in [6.45, 7) is 6.36. The van der Waals surface area contributed by atoms with Crippen molar-refractivity contribution in [3.05, 3.63) is 52.1 Å². The fraction of sp³-hybridized carbons (Fsp3) is 0.481. The molecule has 2 aromatic rings. The number of Topliss-reactive ketones (excluding diaryl/α,β-unsaturated/α-hetero) is 1. The van der Waals surface area contributed by atoms with Crippen molar-refractivity contribution in [3.63, 3.8) is 0 Å². The lowest BCUT2D eigenvalue weighted by molar-refractivity contribution is 0.0910. The summed E-state index contributed by atoms with van der Waals surface area (Å²) in [5.74, 6) is -0.0723. The number of fused-ring (bicyclic) bond motifs is 1. The third-order valence-corrected chi connectivity index (χ3v) is 10.5. The van der Waals surface area contributed by atoms with Gasteiger partial charge in [0, 0.05) is 23.6 Å². The first kappa shape index (κ1) is 25.3. The predicted molar refractivity (Wildman–Crippen MR) is 144 cm³/mol. The summed E-state index contributed by atoms with van der Waals surface area (Å²) in [5, 5.41) is 2.83. The number of carbonyl (C=O) groups excluding carboxylic acids is 1. The van der Waals surface area contributed by atoms with Crippen LogP contribution in [-0.2, 0) is 16.3 Å². The molecule has 0 radical (unpaired) electrons. The summed E-state index contributed by atoms with van der Waals surface area (Å²) in [6, 6.07) is 0. The van der Waals surface area contributed by atoms with Crippen molar-refractivity contribution in [2.24, 2.45) is 5.41 Å². The van der Waals surface area contributed by atoms with Crippen LogP contribution >= 0.6 is 22.7 Å². The van der Waals surface area contributed by atoms with Gasteiger partial charge in [0.2, 0.25) is 0 Å². The van der Waals surface area contributed by atoms with Crippen molar-refractivity contribution in [2.75, 3.05) is 6.26 Å². The molecule has 0 unspecified atom stereocenters. The molecule has 4 rings (SSSR count). The van der Waals surface area contributed by atoms with Gasteiger partial charge in [0.15, 0.2) is 15.6 Å². The summed E-state index contributed by atoms with van der Waals surface area (Å²) >= 11 is 2.73. The summed E-state index contributed by atoms with van der Waals surface area (Å²) in [4.78, 5) is 18.7. The Hall–Kier alpha value is -1.83. The number of sulfone groups is 1. The number of hydrogen-bond donors (Lipinski definition) is 0. The zero-order chi connectivity index (χ0) is 24.5. The molecule has 4 nitrogen and oxygen atoms in total. The van der Waals surface area contributed by atoms with Gasteiger partial charge in [-0.2, -0.15) is 0 Å². The molecule has 0 amide bonds. The second-order valence-electron chi connectivity index (χ2n) is 10.2. The lowest BCUT2D eigenvalue weighted by atomic mass is 9.74. The van der Waals surface area contributed by atoms with Crippen LogP contribution in [0.5, 0.6) is 0 Å². The van der Waals surface area contributed by atoms with E-state index in [2.05, 4.69) is 45.1 Å². The largest absolute Gasteiger partial charge is 0.294 e. The summed E-state index contributed by atoms with van der Waals surface area (Å²) in [5.41, 5.74) is 4.47. The average Bonchev–Trinajstić information content (AvgIpc) is 3.30. The minimum atomic E-state index is -3.49. The molecule has 0 bridgehead atoms. The molecule has 7 heteroatoms. The van der Waals surface area contributed by atoms with Gasteiger partial charge in [0.1, 0.15) is 9.22 Å². The van der Waals surface area contributed by atoms with Crippen molar-refractivity contribution in [3.8, 4) is 9.88 Å². The lowest BCUT2D eigenvalue weighted by Gasteiger charge is -2.29. The SMILES string of the molecule is CCCCCCC1=CC=C(c2csc(-c3sc(S(C)(=O)=O)c4c3CC(C)(C)CC4=O)n2)C=CC1. The highest BCUT2D eigenvalue weighted by molar-refractivity contribution is 7.93. The van der Waals surface area contributed by atoms with Gasteiger partial charge in [-0.05, 0) is 36.7 Å². The number of thiophene rings is 1. The molecule has 0 aromatic carbocycles. The molecule has 2 heterocycles. The third kappa shape index (κ3) is 5.52. The fourth-order valence-electron chi connectivity index (χ4n) is 4.70. The van der Waals surface area contributed by atoms with Crippen LogP contribution in [-0.4, -0.2) is 25.4 Å². The second kappa shape index (κ2) is 10.0. The number of ketones is 1. The van der Waals surface area contributed by atoms with Gasteiger partial charge in [0.05, 0.1) is 16.1 Å². The minimum Gasteiger partial charge on any atom is -0.294 e. The zero-order valence-corrected chi connectivity index (χ0v) is 22.9. The first-order valence-corrected chi connectivity index (χ1v) is 15.6. The van der Waals surface area contributed by atoms with Gasteiger partial charge < -0.3 is 0 Å². The predicted octanol–water partition coefficient (Wildman–Crippen LogP) is 7.67. The van der Waals surface area contributed by atoms with Gasteiger partial charge in [-0.15, -0.1) is 22.7 Å². The molecule has 34 heavy (non-hydrogen) atoms. The van der Waals surface area contributed by atoms with E-state index < -0.39 is 9.84 Å². The molecule has 0 spiro atoms. The van der Waals surface area contributed by atoms with Crippen LogP contribution in [0.15, 0.2) is 39.5 Å². The van der Waals surface area contributed by atoms with Crippen LogP contribution in [0.2, 0.25) is 0 Å². The molecular formula is C27H33NO3S3. The highest BCUT2D eigenvalue weighted by Crippen LogP contribution is 2.47. The molecule has 2 aliphatic rings. The van der Waals surface area contributed by atoms with E-state index in [0.717, 1.165) is 39.6 Å². The Balaban J connectivity index is 1.66. The van der Waals surface area contributed by atoms with E-state index in [9.17, 15) is 13.2 Å². The zero-order valence-electron chi connectivity index (χ0n) is 20.4. The normalized spacial score (nSPS) is 17.8. The Bertz CT molecular complexity index is 1290. The van der Waals surface area contributed by atoms with Gasteiger partial charge in [-0.3, -0.25) is 4.79 Å². The highest BCUT2D eigenvalue weighted by Gasteiger charge is 2.39. The number of rotatable bonds is 8. The van der Waals surface area contributed by atoms with Crippen molar-refractivity contribution in [1.29, 1.82) is 0 Å². The quantitative estimate of drug-likeness (QED) is 0.338. The number of aromatic nitrogens is 1. The monoisotopic (exact) mass is 515 g/mol. The van der Waals surface area contributed by atoms with E-state index in [1.54, 1.807) is 0 Å². The maximum Gasteiger partial charge on any atom is 0.185 e. The Morgan fingerprint density at radius 3 is 2.65 bits per heavy atom. The number of allylic oxidation sites excluding steroid dienone is 6. The summed E-state index contributed by atoms with van der Waals surface area (Å²) < 4.78 is 25.2. The maximum atomic E-state index is 12.9. The number of hydrogen-bond acceptors (Lipinski definition) is 6. The Morgan fingerprint density at radius 1 is 1.12 bits per heavy atom. The van der Waals surface area contributed by atoms with Gasteiger partial charge in [0.25, 0.3) is 0 Å². The smallest absolute Gasteiger partial charge is 0.185 e. The topological polar surface area (TPSA) is 64.1 Å². The highest BCUT2D eigenvalue weighted by atomic mass is 32.2. The van der Waals surface area contributed by atoms with Crippen LogP contribution in [0.3, 0.4) is 0 Å². The molecule has 0 saturated heterocycles. The van der Waals surface area contributed by atoms with Crippen molar-refractivity contribution >= 4 is 43.9 Å². The molecule has 0 fully saturated rings. The van der Waals surface area contributed by atoms with Gasteiger partial charge in [-0.1, -0.05) is 69.9 Å². The van der Waals surface area contributed by atoms with Crippen LogP contribution in [0.25, 0.3) is 15.5 Å². The summed E-state index contributed by atoms with van der Waals surface area (Å²) in [7, 11) is -3.49. The van der Waals surface area contributed by atoms with E-state index in [-0.39, 0.29) is 15.4 Å². The lowest BCUT2D eigenvalue weighted by Crippen LogP contribution is -2.27. The van der Waals surface area contributed by atoms with Crippen LogP contribution in [0.1, 0.15) is 87.3 Å². The molecular weight excluding hydrogens is 483 g/mol. The number of carbonyl (C=O) groups is 1. The van der Waals surface area contributed by atoms with E-state index >= 15 is 0 Å². The van der Waals surface area contributed by atoms with Gasteiger partial charge in [-0.25, -0.2) is 13.4 Å². The summed E-state index contributed by atoms with van der Waals surface area (Å²) in [6.07, 6.45) is 18.1. The first-order valence-electron chi connectivity index (χ1n) is 12.0. The standard InChI is InChI=1S/C27H33NO3S3/c1-5-6-7-8-10-18-11-9-12-19(14-13-18)21-17-32-25(28-21)24-20-15-27(2,3)16-22(29)23(20)26(33-24)34(4,30)31/h9,12-14,17H,5-8,10-11,15-16H2,1-4H3. The average molecular weight is 516 g/mol. The van der Waals surface area contributed by atoms with Crippen molar-refractivity contribution in [2.45, 2.75) is 76.3 Å². The number of nitrogens with zero attached hydrogens (tertiary/aromatic N) is 1. The Morgan fingerprint density at radius 2 is 1.91 bits per heavy atom. The molecule has 0 saturated carbocycles. The minimum absolute atomic E-state index is 0.0723. The third-order valence-electron chi connectivity index (χ3n) is 6.41. The van der Waals surface area contributed by atoms with E-state index in [1.807, 2.05) is 5.38 Å². The van der Waals surface area contributed by atoms with E-state index in [4.69, 9.17) is 4.98 Å². The molecule has 0 N–H and O–H groups in total. The molecule has 182 valence electrons. The molecule has 2 aromatic heterocycles. The fourth-order valence-corrected chi connectivity index (χ4v) is 8.19.